The third-order valence-corrected chi connectivity index (χ3v) is 5.39. The van der Waals surface area contributed by atoms with E-state index in [0.29, 0.717) is 11.2 Å². The molecule has 170 valence electrons. The van der Waals surface area contributed by atoms with Gasteiger partial charge in [-0.15, -0.1) is 0 Å². The summed E-state index contributed by atoms with van der Waals surface area (Å²) in [4.78, 5) is 26.6. The Morgan fingerprint density at radius 1 is 1.16 bits per heavy atom. The second-order valence-corrected chi connectivity index (χ2v) is 9.17. The predicted molar refractivity (Wildman–Crippen MR) is 117 cm³/mol. The van der Waals surface area contributed by atoms with Gasteiger partial charge in [0, 0.05) is 6.04 Å². The molecule has 2 aromatic rings. The van der Waals surface area contributed by atoms with Crippen LogP contribution < -0.4 is 16.8 Å². The fourth-order valence-corrected chi connectivity index (χ4v) is 4.02. The highest BCUT2D eigenvalue weighted by Crippen LogP contribution is 2.31. The number of carbonyl (C=O) groups excluding carboxylic acids is 2. The van der Waals surface area contributed by atoms with Crippen molar-refractivity contribution in [3.63, 3.8) is 0 Å². The highest BCUT2D eigenvalue weighted by atomic mass is 32.1. The third-order valence-electron chi connectivity index (χ3n) is 4.39. The molecule has 7 nitrogen and oxygen atoms in total. The summed E-state index contributed by atoms with van der Waals surface area (Å²) < 4.78 is 32.1. The van der Waals surface area contributed by atoms with Crippen LogP contribution in [0.2, 0.25) is 0 Å². The van der Waals surface area contributed by atoms with Crippen LogP contribution in [0.25, 0.3) is 0 Å². The Balaban J connectivity index is 0.000000366. The molecule has 1 aromatic carbocycles. The van der Waals surface area contributed by atoms with Crippen LogP contribution in [0, 0.1) is 11.6 Å². The van der Waals surface area contributed by atoms with Gasteiger partial charge in [0.2, 0.25) is 5.78 Å². The number of aromatic nitrogens is 1. The lowest BCUT2D eigenvalue weighted by Crippen LogP contribution is -2.27. The van der Waals surface area contributed by atoms with E-state index in [2.05, 4.69) is 15.0 Å². The summed E-state index contributed by atoms with van der Waals surface area (Å²) >= 11 is 1.04. The summed E-state index contributed by atoms with van der Waals surface area (Å²) in [5.74, 6) is -2.57. The molecular weight excluding hydrogens is 426 g/mol. The van der Waals surface area contributed by atoms with E-state index in [0.717, 1.165) is 49.2 Å². The number of anilines is 2. The first-order valence-electron chi connectivity index (χ1n) is 9.98. The average molecular weight is 455 g/mol. The lowest BCUT2D eigenvalue weighted by atomic mass is 9.96. The van der Waals surface area contributed by atoms with Gasteiger partial charge in [0.15, 0.2) is 5.13 Å². The number of nitrogens with zero attached hydrogens (tertiary/aromatic N) is 1. The zero-order valence-electron chi connectivity index (χ0n) is 17.8. The number of rotatable bonds is 4. The van der Waals surface area contributed by atoms with Crippen LogP contribution in [0.15, 0.2) is 18.2 Å². The van der Waals surface area contributed by atoms with Crippen LogP contribution >= 0.6 is 11.3 Å². The minimum absolute atomic E-state index is 0.000891. The van der Waals surface area contributed by atoms with E-state index >= 15 is 0 Å². The summed E-state index contributed by atoms with van der Waals surface area (Å²) in [7, 11) is 0. The molecule has 0 atom stereocenters. The van der Waals surface area contributed by atoms with Crippen molar-refractivity contribution in [1.29, 1.82) is 0 Å². The smallest absolute Gasteiger partial charge is 0.405 e. The van der Waals surface area contributed by atoms with Gasteiger partial charge in [0.05, 0.1) is 5.56 Å². The molecule has 1 aromatic heterocycles. The predicted octanol–water partition coefficient (Wildman–Crippen LogP) is 4.86. The lowest BCUT2D eigenvalue weighted by Gasteiger charge is -2.22. The second kappa shape index (κ2) is 10.5. The van der Waals surface area contributed by atoms with Gasteiger partial charge in [-0.3, -0.25) is 4.79 Å². The molecule has 3 rings (SSSR count). The van der Waals surface area contributed by atoms with Crippen molar-refractivity contribution < 1.29 is 23.1 Å². The van der Waals surface area contributed by atoms with Crippen molar-refractivity contribution >= 4 is 34.2 Å². The van der Waals surface area contributed by atoms with Crippen molar-refractivity contribution in [3.05, 3.63) is 40.3 Å². The molecule has 0 spiro atoms. The van der Waals surface area contributed by atoms with Crippen molar-refractivity contribution in [2.24, 2.45) is 5.73 Å². The Hall–Kier alpha value is -2.75. The van der Waals surface area contributed by atoms with Crippen molar-refractivity contribution in [1.82, 2.24) is 4.98 Å². The summed E-state index contributed by atoms with van der Waals surface area (Å²) in [6, 6.07) is 3.62. The summed E-state index contributed by atoms with van der Waals surface area (Å²) in [6.45, 7) is 5.28. The number of benzene rings is 1. The van der Waals surface area contributed by atoms with E-state index in [1.54, 1.807) is 20.8 Å². The number of nitrogens with one attached hydrogen (secondary N) is 1. The van der Waals surface area contributed by atoms with Crippen LogP contribution in [0.5, 0.6) is 0 Å². The number of primary amides is 1. The van der Waals surface area contributed by atoms with E-state index in [1.807, 2.05) is 0 Å². The number of hydrogen-bond acceptors (Lipinski definition) is 7. The van der Waals surface area contributed by atoms with Gasteiger partial charge in [-0.2, -0.15) is 0 Å². The molecule has 31 heavy (non-hydrogen) atoms. The van der Waals surface area contributed by atoms with Crippen LogP contribution in [0.3, 0.4) is 0 Å². The highest BCUT2D eigenvalue weighted by molar-refractivity contribution is 7.18. The zero-order chi connectivity index (χ0) is 23.2. The standard InChI is InChI=1S/C16H17F2N3OS.C5H11NO2/c17-10-7-4-8-11(18)12(10)13(22)14-15(19)21-16(23-14)20-9-5-2-1-3-6-9;1-5(2,3)8-4(6)7/h4,7-9H,1-3,5-6,19H2,(H,20,21);1-3H3,(H2,6,7). The van der Waals surface area contributed by atoms with Crippen LogP contribution in [-0.2, 0) is 4.74 Å². The second-order valence-electron chi connectivity index (χ2n) is 8.17. The minimum Gasteiger partial charge on any atom is -0.444 e. The maximum Gasteiger partial charge on any atom is 0.405 e. The molecule has 1 heterocycles. The number of thiazole rings is 1. The topological polar surface area (TPSA) is 120 Å². The van der Waals surface area contributed by atoms with E-state index in [4.69, 9.17) is 11.5 Å². The van der Waals surface area contributed by atoms with Gasteiger partial charge in [-0.25, -0.2) is 18.6 Å². The normalized spacial score (nSPS) is 14.4. The first-order chi connectivity index (χ1) is 14.5. The highest BCUT2D eigenvalue weighted by Gasteiger charge is 2.25. The van der Waals surface area contributed by atoms with Crippen LogP contribution in [0.4, 0.5) is 24.5 Å². The summed E-state index contributed by atoms with van der Waals surface area (Å²) in [5.41, 5.74) is 9.45. The first kappa shape index (κ1) is 24.5. The fourth-order valence-electron chi connectivity index (χ4n) is 3.11. The molecule has 1 aliphatic rings. The zero-order valence-corrected chi connectivity index (χ0v) is 18.7. The molecule has 5 N–H and O–H groups in total. The molecule has 0 radical (unpaired) electrons. The molecule has 1 aliphatic carbocycles. The number of halogens is 2. The number of carbonyl (C=O) groups is 2. The lowest BCUT2D eigenvalue weighted by molar-refractivity contribution is 0.0600. The Bertz CT molecular complexity index is 902. The fraction of sp³-hybridized carbons (Fsp3) is 0.476. The quantitative estimate of drug-likeness (QED) is 0.568. The molecule has 10 heteroatoms. The van der Waals surface area contributed by atoms with Gasteiger partial charge in [-0.1, -0.05) is 36.7 Å². The third kappa shape index (κ3) is 7.46. The van der Waals surface area contributed by atoms with Gasteiger partial charge in [0.1, 0.15) is 27.9 Å². The Labute approximate surface area is 184 Å². The number of nitrogen functional groups attached to an aromatic ring is 1. The Morgan fingerprint density at radius 2 is 1.74 bits per heavy atom. The van der Waals surface area contributed by atoms with Gasteiger partial charge < -0.3 is 21.5 Å². The van der Waals surface area contributed by atoms with Crippen molar-refractivity contribution in [2.45, 2.75) is 64.5 Å². The Kier molecular flexibility index (Phi) is 8.32. The average Bonchev–Trinajstić information content (AvgIpc) is 3.01. The maximum atomic E-state index is 13.8. The van der Waals surface area contributed by atoms with Gasteiger partial charge in [-0.05, 0) is 45.7 Å². The molecule has 0 unspecified atom stereocenters. The molecule has 0 bridgehead atoms. The van der Waals surface area contributed by atoms with Crippen molar-refractivity contribution in [2.75, 3.05) is 11.1 Å². The Morgan fingerprint density at radius 3 is 2.23 bits per heavy atom. The molecule has 0 saturated heterocycles. The van der Waals surface area contributed by atoms with Crippen LogP contribution in [0.1, 0.15) is 68.1 Å². The number of ether oxygens (including phenoxy) is 1. The molecule has 1 fully saturated rings. The van der Waals surface area contributed by atoms with Gasteiger partial charge >= 0.3 is 6.09 Å². The first-order valence-corrected chi connectivity index (χ1v) is 10.8. The van der Waals surface area contributed by atoms with E-state index in [9.17, 15) is 18.4 Å². The number of ketones is 1. The largest absolute Gasteiger partial charge is 0.444 e. The number of amides is 1. The molecule has 1 saturated carbocycles. The number of hydrogen-bond donors (Lipinski definition) is 3. The van der Waals surface area contributed by atoms with Crippen molar-refractivity contribution in [3.8, 4) is 0 Å². The monoisotopic (exact) mass is 454 g/mol. The van der Waals surface area contributed by atoms with E-state index in [1.165, 1.54) is 12.5 Å². The molecular formula is C21H28F2N4O3S. The van der Waals surface area contributed by atoms with Gasteiger partial charge in [0.25, 0.3) is 0 Å². The summed E-state index contributed by atoms with van der Waals surface area (Å²) in [6.07, 6.45) is 4.91. The minimum atomic E-state index is -0.899. The van der Waals surface area contributed by atoms with E-state index < -0.39 is 34.7 Å². The SMILES string of the molecule is CC(C)(C)OC(N)=O.Nc1nc(NC2CCCCC2)sc1C(=O)c1c(F)cccc1F. The molecule has 1 amide bonds. The van der Waals surface area contributed by atoms with E-state index in [-0.39, 0.29) is 10.7 Å². The maximum absolute atomic E-state index is 13.8. The summed E-state index contributed by atoms with van der Waals surface area (Å²) in [5, 5.41) is 3.79. The van der Waals surface area contributed by atoms with Crippen LogP contribution in [-0.4, -0.2) is 28.5 Å². The molecule has 0 aliphatic heterocycles. The number of nitrogens with two attached hydrogens (primary N) is 2.